The minimum atomic E-state index is -2.08. The van der Waals surface area contributed by atoms with Gasteiger partial charge in [0.05, 0.1) is 36.2 Å². The number of imidazole rings is 1. The van der Waals surface area contributed by atoms with Crippen molar-refractivity contribution in [2.24, 2.45) is 0 Å². The van der Waals surface area contributed by atoms with Crippen LogP contribution in [0, 0.1) is 25.9 Å². The molecular weight excluding hydrogens is 917 g/mol. The molecule has 0 saturated carbocycles. The number of rotatable bonds is 6. The summed E-state index contributed by atoms with van der Waals surface area (Å²) in [6.45, 7) is 6.73. The van der Waals surface area contributed by atoms with Crippen LogP contribution in [0.1, 0.15) is 15.4 Å². The van der Waals surface area contributed by atoms with Crippen LogP contribution in [0.2, 0.25) is 19.6 Å². The summed E-state index contributed by atoms with van der Waals surface area (Å²) < 4.78 is 30.8. The van der Waals surface area contributed by atoms with Gasteiger partial charge < -0.3 is 14.0 Å². The second-order valence-electron chi connectivity index (χ2n) is 15.4. The first-order valence-electron chi connectivity index (χ1n) is 20.9. The van der Waals surface area contributed by atoms with E-state index >= 15 is 0 Å². The Kier molecular flexibility index (Phi) is 10.1. The first-order chi connectivity index (χ1) is 29.4. The topological polar surface area (TPSA) is 56.7 Å². The van der Waals surface area contributed by atoms with E-state index in [9.17, 15) is 0 Å². The zero-order valence-corrected chi connectivity index (χ0v) is 36.5. The van der Waals surface area contributed by atoms with E-state index in [0.29, 0.717) is 11.3 Å². The maximum atomic E-state index is 7.35. The first kappa shape index (κ1) is 35.9. The first-order valence-corrected chi connectivity index (χ1v) is 22.9. The van der Waals surface area contributed by atoms with E-state index in [1.54, 1.807) is 12.1 Å². The molecule has 0 atom stereocenters. The number of benzene rings is 6. The number of para-hydroxylation sites is 3. The summed E-state index contributed by atoms with van der Waals surface area (Å²) >= 11 is 0. The van der Waals surface area contributed by atoms with Gasteiger partial charge in [-0.1, -0.05) is 141 Å². The van der Waals surface area contributed by atoms with Crippen molar-refractivity contribution < 1.29 is 28.6 Å². The number of aryl methyl sites for hydroxylation is 2. The van der Waals surface area contributed by atoms with Crippen molar-refractivity contribution in [3.63, 3.8) is 0 Å². The zero-order chi connectivity index (χ0) is 42.3. The molecule has 0 aliphatic heterocycles. The Morgan fingerprint density at radius 1 is 0.678 bits per heavy atom. The van der Waals surface area contributed by atoms with Gasteiger partial charge in [-0.3, -0.25) is 4.98 Å². The molecule has 0 amide bonds. The molecule has 0 unspecified atom stereocenters. The molecule has 1 radical (unpaired) electrons. The summed E-state index contributed by atoms with van der Waals surface area (Å²) in [7, 11) is -1.34. The Morgan fingerprint density at radius 2 is 1.39 bits per heavy atom. The molecule has 0 aliphatic carbocycles. The van der Waals surface area contributed by atoms with Gasteiger partial charge in [0.25, 0.3) is 0 Å². The molecule has 0 N–H and O–H groups in total. The van der Waals surface area contributed by atoms with Gasteiger partial charge >= 0.3 is 0 Å². The van der Waals surface area contributed by atoms with E-state index < -0.39 is 14.9 Å². The number of nitrogens with zero attached hydrogens (tertiary/aromatic N) is 4. The van der Waals surface area contributed by atoms with Gasteiger partial charge in [-0.25, -0.2) is 4.98 Å². The summed E-state index contributed by atoms with van der Waals surface area (Å²) in [4.78, 5) is 14.4. The van der Waals surface area contributed by atoms with E-state index in [4.69, 9.17) is 13.5 Å². The normalized spacial score (nSPS) is 12.3. The van der Waals surface area contributed by atoms with Gasteiger partial charge in [0.15, 0.2) is 0 Å². The van der Waals surface area contributed by atoms with Gasteiger partial charge in [-0.15, -0.1) is 53.6 Å². The summed E-state index contributed by atoms with van der Waals surface area (Å²) in [5.41, 5.74) is 12.5. The molecule has 0 fully saturated rings. The van der Waals surface area contributed by atoms with E-state index in [1.807, 2.05) is 43.5 Å². The van der Waals surface area contributed by atoms with Gasteiger partial charge in [0.1, 0.15) is 0 Å². The molecule has 6 aromatic carbocycles. The third-order valence-electron chi connectivity index (χ3n) is 10.4. The van der Waals surface area contributed by atoms with E-state index in [-0.39, 0.29) is 20.1 Å². The molecule has 0 bridgehead atoms. The van der Waals surface area contributed by atoms with Crippen molar-refractivity contribution in [2.75, 3.05) is 0 Å². The van der Waals surface area contributed by atoms with Crippen LogP contribution in [-0.4, -0.2) is 27.6 Å². The van der Waals surface area contributed by atoms with Crippen LogP contribution in [0.4, 0.5) is 0 Å². The Bertz CT molecular complexity index is 3050. The number of fused-ring (bicyclic) bond motifs is 4. The van der Waals surface area contributed by atoms with Crippen LogP contribution < -0.4 is 5.19 Å². The second-order valence-corrected chi connectivity index (χ2v) is 20.4. The molecule has 5 nitrogen and oxygen atoms in total. The smallest absolute Gasteiger partial charge is 0.216 e. The molecule has 10 aromatic rings. The average molecular weight is 962 g/mol. The van der Waals surface area contributed by atoms with Gasteiger partial charge in [-0.2, -0.15) is 0 Å². The monoisotopic (exact) mass is 962 g/mol. The van der Waals surface area contributed by atoms with Crippen LogP contribution in [-0.2, 0) is 20.1 Å². The number of pyridine rings is 2. The van der Waals surface area contributed by atoms with Crippen molar-refractivity contribution in [3.8, 4) is 50.6 Å². The molecule has 0 aliphatic rings. The average Bonchev–Trinajstić information content (AvgIpc) is 3.85. The number of hydrogen-bond acceptors (Lipinski definition) is 4. The van der Waals surface area contributed by atoms with Crippen LogP contribution in [0.3, 0.4) is 0 Å². The molecule has 10 rings (SSSR count). The van der Waals surface area contributed by atoms with Crippen molar-refractivity contribution in [1.82, 2.24) is 19.5 Å². The molecule has 59 heavy (non-hydrogen) atoms. The molecular formula is C52H42IrN4OSi-2. The summed E-state index contributed by atoms with van der Waals surface area (Å²) in [6, 6.07) is 59.5. The largest absolute Gasteiger partial charge is 0.486 e. The summed E-state index contributed by atoms with van der Waals surface area (Å²) in [5.74, 6) is 0.771. The molecule has 4 heterocycles. The maximum Gasteiger partial charge on any atom is 0.216 e. The van der Waals surface area contributed by atoms with E-state index in [2.05, 4.69) is 156 Å². The van der Waals surface area contributed by atoms with Gasteiger partial charge in [0, 0.05) is 52.6 Å². The van der Waals surface area contributed by atoms with Crippen LogP contribution in [0.25, 0.3) is 83.7 Å². The third kappa shape index (κ3) is 7.85. The summed E-state index contributed by atoms with van der Waals surface area (Å²) in [5, 5.41) is 3.29. The predicted octanol–water partition coefficient (Wildman–Crippen LogP) is 12.8. The Labute approximate surface area is 364 Å². The molecule has 4 aromatic heterocycles. The predicted molar refractivity (Wildman–Crippen MR) is 242 cm³/mol. The minimum absolute atomic E-state index is 0. The third-order valence-corrected chi connectivity index (χ3v) is 12.4. The Morgan fingerprint density at radius 3 is 2.03 bits per heavy atom. The van der Waals surface area contributed by atoms with Crippen LogP contribution >= 0.6 is 0 Å². The van der Waals surface area contributed by atoms with Crippen molar-refractivity contribution >= 4 is 46.4 Å². The zero-order valence-electron chi connectivity index (χ0n) is 36.1. The van der Waals surface area contributed by atoms with E-state index in [0.717, 1.165) is 83.7 Å². The Balaban J connectivity index is 0.000000214. The minimum Gasteiger partial charge on any atom is -0.486 e. The molecule has 0 saturated heterocycles. The molecule has 7 heteroatoms. The quantitative estimate of drug-likeness (QED) is 0.123. The van der Waals surface area contributed by atoms with E-state index in [1.165, 1.54) is 11.3 Å². The van der Waals surface area contributed by atoms with Crippen molar-refractivity contribution in [2.45, 2.75) is 33.4 Å². The number of aromatic nitrogens is 4. The molecule has 0 spiro atoms. The number of furan rings is 1. The second kappa shape index (κ2) is 16.6. The number of hydrogen-bond donors (Lipinski definition) is 0. The fourth-order valence-electron chi connectivity index (χ4n) is 7.37. The van der Waals surface area contributed by atoms with Gasteiger partial charge in [0.2, 0.25) is 5.71 Å². The van der Waals surface area contributed by atoms with Crippen molar-refractivity contribution in [1.29, 1.82) is 0 Å². The fourth-order valence-corrected chi connectivity index (χ4v) is 8.40. The van der Waals surface area contributed by atoms with Crippen molar-refractivity contribution in [3.05, 3.63) is 187 Å². The van der Waals surface area contributed by atoms with Gasteiger partial charge in [-0.05, 0) is 53.2 Å². The van der Waals surface area contributed by atoms with Crippen LogP contribution in [0.15, 0.2) is 168 Å². The fraction of sp³-hybridized carbons (Fsp3) is 0.0962. The Hall–Kier alpha value is -6.24. The maximum absolute atomic E-state index is 7.35. The van der Waals surface area contributed by atoms with Crippen LogP contribution in [0.5, 0.6) is 0 Å². The summed E-state index contributed by atoms with van der Waals surface area (Å²) in [6.07, 6.45) is 1.92. The molecule has 291 valence electrons. The standard InChI is InChI=1S/C37H24N3O.C15H18NSi.Ir/c1-24-22-23-30-29-18-11-19-31(35(29)41-37(30)38-24)36-39-32-20-8-9-21-33(32)40(36)34-27(25-12-4-2-5-13-25)16-10-17-28(34)26-14-6-3-7-15-26;1-12-5-7-13(8-6-12)15-10-9-14(11-16-15)17(2,3)4;/h2-18,20-23H,1H3;5-7,9-11H,1-4H3;/q2*-1;/i;1D3;. The SMILES string of the molecule is Cc1ccc2c(n1)oc1c(-c3nc4ccccc4n3-c3c(-c4ccccc4)cccc3-c3ccccc3)[c-]ccc12.[2H]C([2H])([2H])c1c[c-]c(-c2ccc([Si](C)(C)C)cn2)cc1.[Ir].